The van der Waals surface area contributed by atoms with Gasteiger partial charge in [0.2, 0.25) is 0 Å². The van der Waals surface area contributed by atoms with Crippen LogP contribution in [-0.4, -0.2) is 23.0 Å². The average molecular weight is 353 g/mol. The van der Waals surface area contributed by atoms with E-state index in [2.05, 4.69) is 14.7 Å². The van der Waals surface area contributed by atoms with E-state index in [1.54, 1.807) is 35.4 Å². The quantitative estimate of drug-likeness (QED) is 0.783. The summed E-state index contributed by atoms with van der Waals surface area (Å²) in [6.07, 6.45) is 6.27. The summed E-state index contributed by atoms with van der Waals surface area (Å²) < 4.78 is 41.7. The van der Waals surface area contributed by atoms with Crippen molar-refractivity contribution in [3.8, 4) is 5.82 Å². The fourth-order valence-electron chi connectivity index (χ4n) is 1.85. The number of anilines is 1. The highest BCUT2D eigenvalue weighted by Crippen LogP contribution is 2.21. The van der Waals surface area contributed by atoms with Gasteiger partial charge in [0.25, 0.3) is 10.0 Å². The Morgan fingerprint density at radius 3 is 2.65 bits per heavy atom. The lowest BCUT2D eigenvalue weighted by molar-refractivity contribution is 0.599. The van der Waals surface area contributed by atoms with Crippen LogP contribution in [0.5, 0.6) is 0 Å². The highest BCUT2D eigenvalue weighted by Gasteiger charge is 2.16. The lowest BCUT2D eigenvalue weighted by atomic mass is 10.3. The van der Waals surface area contributed by atoms with Crippen LogP contribution in [0.2, 0.25) is 5.02 Å². The maximum atomic E-state index is 13.1. The molecule has 2 heterocycles. The van der Waals surface area contributed by atoms with Gasteiger partial charge in [-0.05, 0) is 30.3 Å². The third-order valence-corrected chi connectivity index (χ3v) is 4.64. The monoisotopic (exact) mass is 352 g/mol. The van der Waals surface area contributed by atoms with Crippen LogP contribution in [0.4, 0.5) is 10.1 Å². The molecule has 118 valence electrons. The molecule has 1 N–H and O–H groups in total. The summed E-state index contributed by atoms with van der Waals surface area (Å²) >= 11 is 5.61. The van der Waals surface area contributed by atoms with Crippen LogP contribution in [0, 0.1) is 5.82 Å². The van der Waals surface area contributed by atoms with E-state index in [1.165, 1.54) is 6.20 Å². The first-order valence-electron chi connectivity index (χ1n) is 6.38. The van der Waals surface area contributed by atoms with Crippen molar-refractivity contribution in [1.82, 2.24) is 14.5 Å². The number of sulfonamides is 1. The Bertz CT molecular complexity index is 928. The van der Waals surface area contributed by atoms with E-state index < -0.39 is 15.8 Å². The first kappa shape index (κ1) is 15.4. The van der Waals surface area contributed by atoms with Crippen molar-refractivity contribution in [1.29, 1.82) is 0 Å². The van der Waals surface area contributed by atoms with E-state index >= 15 is 0 Å². The van der Waals surface area contributed by atoms with E-state index in [0.29, 0.717) is 5.82 Å². The maximum Gasteiger partial charge on any atom is 0.261 e. The molecular formula is C14H10ClFN4O2S. The van der Waals surface area contributed by atoms with Crippen LogP contribution in [0.15, 0.2) is 60.1 Å². The Labute approximate surface area is 136 Å². The van der Waals surface area contributed by atoms with Crippen LogP contribution in [0.3, 0.4) is 0 Å². The minimum absolute atomic E-state index is 0.136. The number of imidazole rings is 1. The zero-order chi connectivity index (χ0) is 16.4. The third kappa shape index (κ3) is 3.33. The molecule has 3 rings (SSSR count). The van der Waals surface area contributed by atoms with E-state index in [-0.39, 0.29) is 15.6 Å². The summed E-state index contributed by atoms with van der Waals surface area (Å²) in [4.78, 5) is 7.91. The van der Waals surface area contributed by atoms with Crippen LogP contribution in [0.1, 0.15) is 0 Å². The highest BCUT2D eigenvalue weighted by atomic mass is 35.5. The Kier molecular flexibility index (Phi) is 4.01. The van der Waals surface area contributed by atoms with Crippen molar-refractivity contribution in [2.45, 2.75) is 4.90 Å². The topological polar surface area (TPSA) is 76.9 Å². The lowest BCUT2D eigenvalue weighted by Gasteiger charge is -2.09. The smallest absolute Gasteiger partial charge is 0.261 e. The molecule has 0 aliphatic heterocycles. The second-order valence-electron chi connectivity index (χ2n) is 4.56. The molecule has 0 saturated carbocycles. The van der Waals surface area contributed by atoms with Gasteiger partial charge in [0.15, 0.2) is 0 Å². The summed E-state index contributed by atoms with van der Waals surface area (Å²) in [5.74, 6) is -0.0905. The first-order chi connectivity index (χ1) is 11.0. The molecular weight excluding hydrogens is 343 g/mol. The fourth-order valence-corrected chi connectivity index (χ4v) is 3.17. The molecule has 6 nitrogen and oxygen atoms in total. The summed E-state index contributed by atoms with van der Waals surface area (Å²) in [6.45, 7) is 0. The standard InChI is InChI=1S/C14H10ClFN4O2S/c15-12-7-11(2-3-13(12)16)23(21,22)19-10-1-4-14(18-8-10)20-6-5-17-9-20/h1-9,19H. The number of halogens is 2. The Hall–Kier alpha value is -2.45. The Morgan fingerprint density at radius 1 is 1.22 bits per heavy atom. The van der Waals surface area contributed by atoms with E-state index in [0.717, 1.165) is 18.2 Å². The van der Waals surface area contributed by atoms with Crippen LogP contribution < -0.4 is 4.72 Å². The molecule has 2 aromatic heterocycles. The van der Waals surface area contributed by atoms with Crippen LogP contribution in [-0.2, 0) is 10.0 Å². The van der Waals surface area contributed by atoms with Crippen molar-refractivity contribution >= 4 is 27.3 Å². The van der Waals surface area contributed by atoms with Crippen LogP contribution in [0.25, 0.3) is 5.82 Å². The summed E-state index contributed by atoms with van der Waals surface area (Å²) in [7, 11) is -3.88. The molecule has 0 bridgehead atoms. The van der Waals surface area contributed by atoms with Gasteiger partial charge in [-0.1, -0.05) is 11.6 Å². The Balaban J connectivity index is 1.84. The SMILES string of the molecule is O=S(=O)(Nc1ccc(-n2ccnc2)nc1)c1ccc(F)c(Cl)c1. The molecule has 1 aromatic carbocycles. The largest absolute Gasteiger partial charge is 0.291 e. The van der Waals surface area contributed by atoms with Crippen molar-refractivity contribution in [2.24, 2.45) is 0 Å². The number of nitrogens with one attached hydrogen (secondary N) is 1. The molecule has 9 heteroatoms. The number of rotatable bonds is 4. The van der Waals surface area contributed by atoms with Gasteiger partial charge < -0.3 is 0 Å². The summed E-state index contributed by atoms with van der Waals surface area (Å²) in [5, 5.41) is -0.263. The first-order valence-corrected chi connectivity index (χ1v) is 8.24. The second kappa shape index (κ2) is 5.98. The summed E-state index contributed by atoms with van der Waals surface area (Å²) in [6, 6.07) is 6.38. The molecule has 0 amide bonds. The number of pyridine rings is 1. The van der Waals surface area contributed by atoms with E-state index in [1.807, 2.05) is 0 Å². The van der Waals surface area contributed by atoms with Gasteiger partial charge in [0.1, 0.15) is 18.0 Å². The van der Waals surface area contributed by atoms with E-state index in [9.17, 15) is 12.8 Å². The molecule has 0 unspecified atom stereocenters. The number of aromatic nitrogens is 3. The van der Waals surface area contributed by atoms with Gasteiger partial charge >= 0.3 is 0 Å². The number of nitrogens with zero attached hydrogens (tertiary/aromatic N) is 3. The Morgan fingerprint density at radius 2 is 2.04 bits per heavy atom. The molecule has 23 heavy (non-hydrogen) atoms. The molecule has 0 radical (unpaired) electrons. The van der Waals surface area contributed by atoms with Gasteiger partial charge in [0.05, 0.1) is 21.8 Å². The number of hydrogen-bond acceptors (Lipinski definition) is 4. The van der Waals surface area contributed by atoms with Crippen molar-refractivity contribution in [3.63, 3.8) is 0 Å². The second-order valence-corrected chi connectivity index (χ2v) is 6.65. The predicted octanol–water partition coefficient (Wildman–Crippen LogP) is 2.86. The molecule has 0 aliphatic carbocycles. The fraction of sp³-hybridized carbons (Fsp3) is 0. The minimum Gasteiger partial charge on any atom is -0.291 e. The molecule has 0 spiro atoms. The lowest BCUT2D eigenvalue weighted by Crippen LogP contribution is -2.13. The van der Waals surface area contributed by atoms with Gasteiger partial charge in [-0.25, -0.2) is 22.8 Å². The van der Waals surface area contributed by atoms with Crippen molar-refractivity contribution < 1.29 is 12.8 Å². The third-order valence-electron chi connectivity index (χ3n) is 2.97. The van der Waals surface area contributed by atoms with Crippen molar-refractivity contribution in [3.05, 3.63) is 66.1 Å². The number of benzene rings is 1. The van der Waals surface area contributed by atoms with E-state index in [4.69, 9.17) is 11.6 Å². The van der Waals surface area contributed by atoms with Gasteiger partial charge in [-0.2, -0.15) is 0 Å². The average Bonchev–Trinajstić information content (AvgIpc) is 3.04. The van der Waals surface area contributed by atoms with Crippen molar-refractivity contribution in [2.75, 3.05) is 4.72 Å². The molecule has 0 atom stereocenters. The van der Waals surface area contributed by atoms with Gasteiger partial charge in [0, 0.05) is 12.4 Å². The number of hydrogen-bond donors (Lipinski definition) is 1. The maximum absolute atomic E-state index is 13.1. The normalized spacial score (nSPS) is 11.4. The predicted molar refractivity (Wildman–Crippen MR) is 83.6 cm³/mol. The van der Waals surface area contributed by atoms with Gasteiger partial charge in [-0.15, -0.1) is 0 Å². The zero-order valence-corrected chi connectivity index (χ0v) is 13.1. The molecule has 0 aliphatic rings. The molecule has 0 fully saturated rings. The minimum atomic E-state index is -3.88. The van der Waals surface area contributed by atoms with Gasteiger partial charge in [-0.3, -0.25) is 9.29 Å². The summed E-state index contributed by atoms with van der Waals surface area (Å²) in [5.41, 5.74) is 0.273. The molecule has 3 aromatic rings. The zero-order valence-electron chi connectivity index (χ0n) is 11.5. The van der Waals surface area contributed by atoms with Crippen LogP contribution >= 0.6 is 11.6 Å². The highest BCUT2D eigenvalue weighted by molar-refractivity contribution is 7.92. The molecule has 0 saturated heterocycles.